The van der Waals surface area contributed by atoms with Crippen LogP contribution < -0.4 is 28.9 Å². The molecule has 0 aromatic carbocycles. The van der Waals surface area contributed by atoms with Crippen LogP contribution in [0, 0.1) is 0 Å². The molecule has 3 rings (SSSR count). The molecule has 0 spiro atoms. The van der Waals surface area contributed by atoms with E-state index in [-0.39, 0.29) is 24.0 Å². The fourth-order valence-corrected chi connectivity index (χ4v) is 3.31. The third kappa shape index (κ3) is 4.88. The van der Waals surface area contributed by atoms with Crippen LogP contribution in [0.1, 0.15) is 19.3 Å². The number of likely N-dealkylation sites (tertiary alicyclic amines) is 1. The Bertz CT molecular complexity index is 531. The summed E-state index contributed by atoms with van der Waals surface area (Å²) in [6.45, 7) is 4.85. The molecule has 0 amide bonds. The van der Waals surface area contributed by atoms with Gasteiger partial charge in [-0.1, -0.05) is 12.1 Å². The zero-order valence-corrected chi connectivity index (χ0v) is 15.9. The molecule has 0 bridgehead atoms. The smallest absolute Gasteiger partial charge is 0.134 e. The maximum atomic E-state index is 4.50. The minimum absolute atomic E-state index is 0. The third-order valence-corrected chi connectivity index (χ3v) is 4.58. The number of nitrogens with zero attached hydrogens (tertiary/aromatic N) is 4. The Morgan fingerprint density at radius 2 is 1.52 bits per heavy atom. The molecule has 1 aliphatic heterocycles. The van der Waals surface area contributed by atoms with E-state index in [4.69, 9.17) is 0 Å². The molecule has 124 valence electrons. The highest BCUT2D eigenvalue weighted by atomic mass is 127. The van der Waals surface area contributed by atoms with Gasteiger partial charge in [-0.3, -0.25) is 0 Å². The number of quaternary nitrogens is 1. The molecule has 23 heavy (non-hydrogen) atoms. The molecule has 0 aliphatic carbocycles. The maximum absolute atomic E-state index is 4.50. The number of halogens is 1. The van der Waals surface area contributed by atoms with Gasteiger partial charge in [-0.2, -0.15) is 0 Å². The predicted octanol–water partition coefficient (Wildman–Crippen LogP) is 0.249. The van der Waals surface area contributed by atoms with Crippen molar-refractivity contribution in [3.8, 4) is 0 Å². The van der Waals surface area contributed by atoms with Crippen LogP contribution in [0.3, 0.4) is 0 Å². The maximum Gasteiger partial charge on any atom is 0.134 e. The van der Waals surface area contributed by atoms with Gasteiger partial charge in [0.1, 0.15) is 11.6 Å². The molecule has 1 fully saturated rings. The lowest BCUT2D eigenvalue weighted by atomic mass is 10.3. The minimum atomic E-state index is 0. The second kappa shape index (κ2) is 8.59. The second-order valence-corrected chi connectivity index (χ2v) is 6.38. The highest BCUT2D eigenvalue weighted by Gasteiger charge is 2.26. The molecule has 5 heteroatoms. The van der Waals surface area contributed by atoms with E-state index < -0.39 is 0 Å². The second-order valence-electron chi connectivity index (χ2n) is 6.38. The van der Waals surface area contributed by atoms with E-state index in [1.165, 1.54) is 37.0 Å². The average molecular weight is 424 g/mol. The summed E-state index contributed by atoms with van der Waals surface area (Å²) in [4.78, 5) is 11.2. The molecule has 1 saturated heterocycles. The van der Waals surface area contributed by atoms with Crippen molar-refractivity contribution in [1.29, 1.82) is 0 Å². The molecule has 0 N–H and O–H groups in total. The highest BCUT2D eigenvalue weighted by Crippen LogP contribution is 2.22. The molecule has 2 aromatic heterocycles. The Morgan fingerprint density at radius 3 is 2.00 bits per heavy atom. The SMILES string of the molecule is C[N+]1(CCCN(c2ccccn2)c2ccccn2)CCCC1.[I-]. The van der Waals surface area contributed by atoms with E-state index in [0.29, 0.717) is 0 Å². The van der Waals surface area contributed by atoms with Gasteiger partial charge in [0.2, 0.25) is 0 Å². The van der Waals surface area contributed by atoms with Crippen LogP contribution in [0.15, 0.2) is 48.8 Å². The molecule has 0 atom stereocenters. The normalized spacial score (nSPS) is 15.9. The summed E-state index contributed by atoms with van der Waals surface area (Å²) in [6.07, 6.45) is 7.60. The standard InChI is InChI=1S/C18H25N4.HI/c1-22(14-6-7-15-22)16-8-13-21(17-9-2-4-11-19-17)18-10-3-5-12-20-18;/h2-5,9-12H,6-8,13-16H2,1H3;1H/q+1;/p-1. The lowest BCUT2D eigenvalue weighted by Gasteiger charge is -2.30. The van der Waals surface area contributed by atoms with Crippen molar-refractivity contribution in [3.63, 3.8) is 0 Å². The molecule has 0 saturated carbocycles. The van der Waals surface area contributed by atoms with Crippen LogP contribution in [0.4, 0.5) is 11.6 Å². The zero-order valence-electron chi connectivity index (χ0n) is 13.7. The van der Waals surface area contributed by atoms with E-state index in [1.807, 2.05) is 36.7 Å². The van der Waals surface area contributed by atoms with Crippen LogP contribution in [-0.4, -0.2) is 47.7 Å². The largest absolute Gasteiger partial charge is 1.00 e. The molecule has 1 aliphatic rings. The number of hydrogen-bond acceptors (Lipinski definition) is 3. The van der Waals surface area contributed by atoms with E-state index >= 15 is 0 Å². The Balaban J connectivity index is 0.00000192. The molecule has 4 nitrogen and oxygen atoms in total. The first-order valence-electron chi connectivity index (χ1n) is 8.20. The molecule has 0 unspecified atom stereocenters. The van der Waals surface area contributed by atoms with Gasteiger partial charge >= 0.3 is 0 Å². The van der Waals surface area contributed by atoms with Crippen LogP contribution in [0.25, 0.3) is 0 Å². The predicted molar refractivity (Wildman–Crippen MR) is 90.1 cm³/mol. The van der Waals surface area contributed by atoms with Crippen molar-refractivity contribution in [3.05, 3.63) is 48.8 Å². The number of hydrogen-bond donors (Lipinski definition) is 0. The van der Waals surface area contributed by atoms with Crippen molar-refractivity contribution in [1.82, 2.24) is 9.97 Å². The van der Waals surface area contributed by atoms with Gasteiger partial charge in [-0.15, -0.1) is 0 Å². The monoisotopic (exact) mass is 424 g/mol. The fraction of sp³-hybridized carbons (Fsp3) is 0.444. The van der Waals surface area contributed by atoms with Crippen molar-refractivity contribution in [2.24, 2.45) is 0 Å². The Hall–Kier alpha value is -1.21. The number of pyridine rings is 2. The molecular weight excluding hydrogens is 399 g/mol. The first kappa shape index (κ1) is 18.1. The van der Waals surface area contributed by atoms with Crippen LogP contribution in [-0.2, 0) is 0 Å². The first-order chi connectivity index (χ1) is 10.8. The van der Waals surface area contributed by atoms with Gasteiger partial charge in [-0.05, 0) is 24.3 Å². The van der Waals surface area contributed by atoms with E-state index in [0.717, 1.165) is 24.6 Å². The van der Waals surface area contributed by atoms with Gasteiger partial charge in [0.15, 0.2) is 0 Å². The van der Waals surface area contributed by atoms with Gasteiger partial charge in [-0.25, -0.2) is 9.97 Å². The lowest BCUT2D eigenvalue weighted by Crippen LogP contribution is -3.00. The Labute approximate surface area is 156 Å². The topological polar surface area (TPSA) is 29.0 Å². The van der Waals surface area contributed by atoms with Gasteiger partial charge < -0.3 is 33.4 Å². The summed E-state index contributed by atoms with van der Waals surface area (Å²) in [5, 5.41) is 0. The lowest BCUT2D eigenvalue weighted by molar-refractivity contribution is -0.897. The van der Waals surface area contributed by atoms with Crippen LogP contribution in [0.5, 0.6) is 0 Å². The molecule has 2 aromatic rings. The summed E-state index contributed by atoms with van der Waals surface area (Å²) >= 11 is 0. The van der Waals surface area contributed by atoms with Crippen molar-refractivity contribution < 1.29 is 28.5 Å². The average Bonchev–Trinajstić information content (AvgIpc) is 3.00. The van der Waals surface area contributed by atoms with Crippen LogP contribution in [0.2, 0.25) is 0 Å². The van der Waals surface area contributed by atoms with Gasteiger partial charge in [0.25, 0.3) is 0 Å². The van der Waals surface area contributed by atoms with Crippen LogP contribution >= 0.6 is 0 Å². The number of anilines is 2. The summed E-state index contributed by atoms with van der Waals surface area (Å²) < 4.78 is 1.22. The zero-order chi connectivity index (χ0) is 15.3. The van der Waals surface area contributed by atoms with E-state index in [9.17, 15) is 0 Å². The van der Waals surface area contributed by atoms with Gasteiger partial charge in [0, 0.05) is 38.2 Å². The highest BCUT2D eigenvalue weighted by molar-refractivity contribution is 5.55. The molecule has 3 heterocycles. The Kier molecular flexibility index (Phi) is 6.77. The van der Waals surface area contributed by atoms with E-state index in [2.05, 4.69) is 34.0 Å². The van der Waals surface area contributed by atoms with Gasteiger partial charge in [0.05, 0.1) is 26.7 Å². The first-order valence-corrected chi connectivity index (χ1v) is 8.20. The summed E-state index contributed by atoms with van der Waals surface area (Å²) in [5.41, 5.74) is 0. The fourth-order valence-electron chi connectivity index (χ4n) is 3.31. The quantitative estimate of drug-likeness (QED) is 0.492. The third-order valence-electron chi connectivity index (χ3n) is 4.58. The summed E-state index contributed by atoms with van der Waals surface area (Å²) in [5.74, 6) is 1.95. The van der Waals surface area contributed by atoms with Crippen molar-refractivity contribution in [2.75, 3.05) is 38.1 Å². The summed E-state index contributed by atoms with van der Waals surface area (Å²) in [7, 11) is 2.39. The minimum Gasteiger partial charge on any atom is -1.00 e. The molecule has 0 radical (unpaired) electrons. The van der Waals surface area contributed by atoms with E-state index in [1.54, 1.807) is 0 Å². The number of rotatable bonds is 6. The Morgan fingerprint density at radius 1 is 0.957 bits per heavy atom. The van der Waals surface area contributed by atoms with Crippen molar-refractivity contribution in [2.45, 2.75) is 19.3 Å². The molecular formula is C18H25IN4. The number of aromatic nitrogens is 2. The summed E-state index contributed by atoms with van der Waals surface area (Å²) in [6, 6.07) is 12.1. The van der Waals surface area contributed by atoms with Crippen molar-refractivity contribution >= 4 is 11.6 Å².